The molecule has 9 N–H and O–H groups in total. The molecule has 62 heavy (non-hydrogen) atoms. The summed E-state index contributed by atoms with van der Waals surface area (Å²) in [5, 5.41) is 29.0. The number of amides is 4. The third-order valence-corrected chi connectivity index (χ3v) is 10.5. The lowest BCUT2D eigenvalue weighted by atomic mass is 9.93. The minimum absolute atomic E-state index is 0.0119. The number of likely N-dealkylation sites (N-methyl/N-ethyl adjacent to an activating group) is 1. The molecule has 0 aliphatic carbocycles. The van der Waals surface area contributed by atoms with E-state index < -0.39 is 53.8 Å². The molecular weight excluding hydrogens is 797 g/mol. The minimum atomic E-state index is -1.43. The largest absolute Gasteiger partial charge is 0.507 e. The monoisotopic (exact) mass is 852 g/mol. The zero-order valence-corrected chi connectivity index (χ0v) is 35.7. The SMILES string of the molecule is CCCCCOc1ccc(-c2nc(C)c(C(=O)NC(CCN)C(=O)N(C)C3C(=O)NC(C)C(=O)NC(C(=O)O)Cc4ccc(O)c(c4)-c4cc3ccc4OCCN)c(C)n2)cc1. The van der Waals surface area contributed by atoms with Crippen LogP contribution in [0, 0.1) is 13.8 Å². The highest BCUT2D eigenvalue weighted by Crippen LogP contribution is 2.39. The van der Waals surface area contributed by atoms with Gasteiger partial charge in [0.15, 0.2) is 5.82 Å². The molecule has 0 radical (unpaired) electrons. The number of unbranched alkanes of at least 4 members (excludes halogenated alkanes) is 2. The lowest BCUT2D eigenvalue weighted by molar-refractivity contribution is -0.143. The summed E-state index contributed by atoms with van der Waals surface area (Å²) < 4.78 is 11.8. The van der Waals surface area contributed by atoms with Crippen LogP contribution in [0.25, 0.3) is 22.5 Å². The number of aromatic hydroxyl groups is 1. The first-order valence-electron chi connectivity index (χ1n) is 20.7. The zero-order valence-electron chi connectivity index (χ0n) is 35.7. The first-order chi connectivity index (χ1) is 29.7. The molecule has 2 heterocycles. The Kier molecular flexibility index (Phi) is 15.9. The quantitative estimate of drug-likeness (QED) is 0.0800. The number of nitrogens with one attached hydrogen (secondary N) is 3. The summed E-state index contributed by atoms with van der Waals surface area (Å²) in [4.78, 5) is 78.8. The number of carbonyl (C=O) groups excluding carboxylic acids is 4. The van der Waals surface area contributed by atoms with Gasteiger partial charge in [-0.2, -0.15) is 0 Å². The number of ether oxygens (including phenoxy) is 2. The van der Waals surface area contributed by atoms with Crippen LogP contribution in [0.2, 0.25) is 0 Å². The van der Waals surface area contributed by atoms with Crippen LogP contribution in [0.4, 0.5) is 0 Å². The summed E-state index contributed by atoms with van der Waals surface area (Å²) in [5.41, 5.74) is 14.6. The molecule has 3 aromatic carbocycles. The summed E-state index contributed by atoms with van der Waals surface area (Å²) in [6, 6.07) is 11.3. The number of carbonyl (C=O) groups is 5. The van der Waals surface area contributed by atoms with Crippen molar-refractivity contribution < 1.29 is 43.7 Å². The first-order valence-corrected chi connectivity index (χ1v) is 20.7. The second-order valence-corrected chi connectivity index (χ2v) is 15.2. The Hall–Kier alpha value is -6.59. The Morgan fingerprint density at radius 1 is 0.903 bits per heavy atom. The van der Waals surface area contributed by atoms with E-state index in [0.717, 1.165) is 35.5 Å². The van der Waals surface area contributed by atoms with Gasteiger partial charge in [0.1, 0.15) is 48.0 Å². The standard InChI is InChI=1S/C45H56N8O9/c1-6-7-8-20-61-31-13-10-29(11-14-31)40-48-25(2)38(26(3)49-40)42(56)51-34(17-18-46)44(58)53(5)39-30-12-16-37(62-21-19-47)33(24-30)32-22-28(9-15-36(32)54)23-35(45(59)60)52-41(55)27(4)50-43(39)57/h9-16,22,24,27,34-35,39,54H,6-8,17-21,23,46-47H2,1-5H3,(H,50,57)(H,51,56)(H,52,55)(H,59,60). The van der Waals surface area contributed by atoms with Gasteiger partial charge < -0.3 is 52.0 Å². The fourth-order valence-electron chi connectivity index (χ4n) is 7.23. The molecule has 330 valence electrons. The van der Waals surface area contributed by atoms with Crippen molar-refractivity contribution in [3.05, 3.63) is 88.7 Å². The summed E-state index contributed by atoms with van der Waals surface area (Å²) in [7, 11) is 1.38. The highest BCUT2D eigenvalue weighted by molar-refractivity contribution is 6.00. The van der Waals surface area contributed by atoms with E-state index in [4.69, 9.17) is 20.9 Å². The van der Waals surface area contributed by atoms with Crippen LogP contribution in [-0.2, 0) is 25.6 Å². The van der Waals surface area contributed by atoms with Gasteiger partial charge in [-0.3, -0.25) is 19.2 Å². The van der Waals surface area contributed by atoms with E-state index in [1.54, 1.807) is 38.1 Å². The van der Waals surface area contributed by atoms with Crippen LogP contribution in [0.3, 0.4) is 0 Å². The van der Waals surface area contributed by atoms with E-state index in [1.807, 2.05) is 24.3 Å². The van der Waals surface area contributed by atoms with Crippen molar-refractivity contribution in [2.24, 2.45) is 11.5 Å². The Morgan fingerprint density at radius 3 is 2.26 bits per heavy atom. The van der Waals surface area contributed by atoms with Crippen LogP contribution in [-0.4, -0.2) is 106 Å². The molecule has 4 unspecified atom stereocenters. The van der Waals surface area contributed by atoms with E-state index >= 15 is 0 Å². The number of carboxylic acid groups (broad SMARTS) is 1. The minimum Gasteiger partial charge on any atom is -0.507 e. The maximum Gasteiger partial charge on any atom is 0.326 e. The predicted octanol–water partition coefficient (Wildman–Crippen LogP) is 3.32. The van der Waals surface area contributed by atoms with Crippen LogP contribution in [0.5, 0.6) is 17.2 Å². The number of benzene rings is 3. The molecular formula is C45H56N8O9. The maximum atomic E-state index is 14.5. The van der Waals surface area contributed by atoms with Crippen LogP contribution < -0.4 is 36.9 Å². The van der Waals surface area contributed by atoms with Crippen molar-refractivity contribution >= 4 is 29.6 Å². The Labute approximate surface area is 360 Å². The third kappa shape index (κ3) is 11.2. The predicted molar refractivity (Wildman–Crippen MR) is 231 cm³/mol. The van der Waals surface area contributed by atoms with Gasteiger partial charge in [-0.1, -0.05) is 31.9 Å². The fourth-order valence-corrected chi connectivity index (χ4v) is 7.23. The molecule has 17 nitrogen and oxygen atoms in total. The number of fused-ring (bicyclic) bond motifs is 5. The van der Waals surface area contributed by atoms with E-state index in [2.05, 4.69) is 32.8 Å². The van der Waals surface area contributed by atoms with Crippen LogP contribution >= 0.6 is 0 Å². The molecule has 4 aromatic rings. The summed E-state index contributed by atoms with van der Waals surface area (Å²) >= 11 is 0. The van der Waals surface area contributed by atoms with Crippen molar-refractivity contribution in [3.63, 3.8) is 0 Å². The second-order valence-electron chi connectivity index (χ2n) is 15.2. The molecule has 1 aliphatic heterocycles. The highest BCUT2D eigenvalue weighted by atomic mass is 16.5. The van der Waals surface area contributed by atoms with E-state index in [0.29, 0.717) is 40.7 Å². The number of aromatic nitrogens is 2. The van der Waals surface area contributed by atoms with Crippen molar-refractivity contribution in [2.45, 2.75) is 84.0 Å². The summed E-state index contributed by atoms with van der Waals surface area (Å²) in [6.45, 7) is 7.75. The van der Waals surface area contributed by atoms with E-state index in [-0.39, 0.29) is 55.0 Å². The van der Waals surface area contributed by atoms with Gasteiger partial charge in [0, 0.05) is 36.7 Å². The Bertz CT molecular complexity index is 2250. The van der Waals surface area contributed by atoms with Crippen LogP contribution in [0.1, 0.15) is 78.4 Å². The molecule has 1 aliphatic rings. The average Bonchev–Trinajstić information content (AvgIpc) is 3.24. The fraction of sp³-hybridized carbons (Fsp3) is 0.400. The number of nitrogens with zero attached hydrogens (tertiary/aromatic N) is 3. The van der Waals surface area contributed by atoms with Crippen molar-refractivity contribution in [3.8, 4) is 39.8 Å². The Morgan fingerprint density at radius 2 is 1.61 bits per heavy atom. The average molecular weight is 853 g/mol. The smallest absolute Gasteiger partial charge is 0.326 e. The number of aryl methyl sites for hydroxylation is 2. The van der Waals surface area contributed by atoms with Crippen molar-refractivity contribution in [1.29, 1.82) is 0 Å². The van der Waals surface area contributed by atoms with Crippen molar-refractivity contribution in [1.82, 2.24) is 30.8 Å². The Balaban J connectivity index is 1.48. The number of carboxylic acids is 1. The second kappa shape index (κ2) is 21.3. The number of hydrogen-bond acceptors (Lipinski definition) is 12. The number of hydrogen-bond donors (Lipinski definition) is 7. The van der Waals surface area contributed by atoms with Gasteiger partial charge >= 0.3 is 5.97 Å². The molecule has 0 saturated heterocycles. The first kappa shape index (κ1) is 46.5. The van der Waals surface area contributed by atoms with Gasteiger partial charge in [0.25, 0.3) is 5.91 Å². The topological polar surface area (TPSA) is 261 Å². The van der Waals surface area contributed by atoms with Gasteiger partial charge in [0.2, 0.25) is 17.7 Å². The lowest BCUT2D eigenvalue weighted by Crippen LogP contribution is -2.55. The highest BCUT2D eigenvalue weighted by Gasteiger charge is 2.36. The molecule has 4 amide bonds. The van der Waals surface area contributed by atoms with Gasteiger partial charge in [-0.05, 0) is 99.8 Å². The summed E-state index contributed by atoms with van der Waals surface area (Å²) in [6.07, 6.45) is 3.00. The number of nitrogens with two attached hydrogens (primary N) is 2. The molecule has 0 saturated carbocycles. The number of rotatable bonds is 16. The molecule has 5 rings (SSSR count). The van der Waals surface area contributed by atoms with Gasteiger partial charge in [-0.25, -0.2) is 14.8 Å². The number of phenols is 1. The van der Waals surface area contributed by atoms with E-state index in [9.17, 15) is 34.2 Å². The maximum absolute atomic E-state index is 14.5. The van der Waals surface area contributed by atoms with Crippen LogP contribution in [0.15, 0.2) is 60.7 Å². The van der Waals surface area contributed by atoms with E-state index in [1.165, 1.54) is 26.1 Å². The van der Waals surface area contributed by atoms with Gasteiger partial charge in [0.05, 0.1) is 23.6 Å². The van der Waals surface area contributed by atoms with Crippen molar-refractivity contribution in [2.75, 3.05) is 33.4 Å². The molecule has 0 fully saturated rings. The molecule has 0 spiro atoms. The summed E-state index contributed by atoms with van der Waals surface area (Å²) in [5.74, 6) is -2.96. The van der Waals surface area contributed by atoms with Gasteiger partial charge in [-0.15, -0.1) is 0 Å². The molecule has 4 bridgehead atoms. The lowest BCUT2D eigenvalue weighted by Gasteiger charge is -2.32. The molecule has 17 heteroatoms. The number of aliphatic carboxylic acids is 1. The third-order valence-electron chi connectivity index (χ3n) is 10.5. The molecule has 4 atom stereocenters. The number of phenolic OH excluding ortho intramolecular Hbond substituents is 1. The molecule has 1 aromatic heterocycles. The normalized spacial score (nSPS) is 16.9. The zero-order chi connectivity index (χ0) is 45.1.